The van der Waals surface area contributed by atoms with E-state index in [1.807, 2.05) is 12.1 Å². The van der Waals surface area contributed by atoms with Crippen molar-refractivity contribution >= 4 is 60.9 Å². The minimum absolute atomic E-state index is 0.275. The molecule has 48 heavy (non-hydrogen) atoms. The van der Waals surface area contributed by atoms with Gasteiger partial charge in [-0.3, -0.25) is 0 Å². The monoisotopic (exact) mass is 617 g/mol. The Morgan fingerprint density at radius 3 is 1.79 bits per heavy atom. The molecule has 3 nitrogen and oxygen atoms in total. The summed E-state index contributed by atoms with van der Waals surface area (Å²) in [6, 6.07) is 53.9. The minimum atomic E-state index is -0.275. The van der Waals surface area contributed by atoms with Crippen LogP contribution in [0.5, 0.6) is 0 Å². The Hall–Kier alpha value is -6.06. The molecule has 1 aliphatic carbocycles. The number of furan rings is 2. The highest BCUT2D eigenvalue weighted by Crippen LogP contribution is 2.57. The smallest absolute Gasteiger partial charge is 0.137 e. The summed E-state index contributed by atoms with van der Waals surface area (Å²) >= 11 is 0. The summed E-state index contributed by atoms with van der Waals surface area (Å²) in [5.74, 6) is 0. The number of anilines is 3. The molecule has 0 amide bonds. The fourth-order valence-corrected chi connectivity index (χ4v) is 8.13. The molecule has 3 heteroatoms. The summed E-state index contributed by atoms with van der Waals surface area (Å²) in [6.07, 6.45) is 0. The molecular weight excluding hydrogens is 587 g/mol. The van der Waals surface area contributed by atoms with Crippen LogP contribution >= 0.6 is 0 Å². The molecule has 2 heterocycles. The van der Waals surface area contributed by atoms with Crippen molar-refractivity contribution in [2.45, 2.75) is 19.3 Å². The highest BCUT2D eigenvalue weighted by Gasteiger charge is 2.41. The van der Waals surface area contributed by atoms with Gasteiger partial charge in [0.2, 0.25) is 0 Å². The van der Waals surface area contributed by atoms with Crippen molar-refractivity contribution in [3.8, 4) is 22.3 Å². The fraction of sp³-hybridized carbons (Fsp3) is 0.0667. The standard InChI is InChI=1S/C45H31NO2/c1-45(2)34-26-27-40-43(32-15-7-9-20-38(32)48-40)41(34)33-16-10-18-36(44(33)45)46(30-24-22-29(23-25-30)28-12-4-3-5-13-28)35-17-11-21-39-42(35)31-14-6-8-19-37(31)47-39/h3-27H,1-2H3. The van der Waals surface area contributed by atoms with Crippen molar-refractivity contribution in [2.75, 3.05) is 4.90 Å². The Kier molecular flexibility index (Phi) is 5.63. The molecule has 7 aromatic carbocycles. The largest absolute Gasteiger partial charge is 0.456 e. The Morgan fingerprint density at radius 1 is 0.458 bits per heavy atom. The average molecular weight is 618 g/mol. The van der Waals surface area contributed by atoms with Crippen LogP contribution in [0.15, 0.2) is 160 Å². The van der Waals surface area contributed by atoms with Crippen molar-refractivity contribution in [1.29, 1.82) is 0 Å². The van der Waals surface area contributed by atoms with Crippen molar-refractivity contribution in [3.05, 3.63) is 163 Å². The molecule has 10 rings (SSSR count). The Balaban J connectivity index is 1.27. The molecule has 2 aromatic heterocycles. The number of fused-ring (bicyclic) bond motifs is 10. The second kappa shape index (κ2) is 9.97. The van der Waals surface area contributed by atoms with E-state index in [0.717, 1.165) is 55.6 Å². The van der Waals surface area contributed by atoms with Crippen LogP contribution in [-0.2, 0) is 5.41 Å². The lowest BCUT2D eigenvalue weighted by molar-refractivity contribution is 0.657. The van der Waals surface area contributed by atoms with Crippen LogP contribution in [0.3, 0.4) is 0 Å². The summed E-state index contributed by atoms with van der Waals surface area (Å²) in [7, 11) is 0. The Bertz CT molecular complexity index is 2690. The maximum atomic E-state index is 6.42. The lowest BCUT2D eigenvalue weighted by atomic mass is 9.81. The molecule has 9 aromatic rings. The van der Waals surface area contributed by atoms with Gasteiger partial charge in [0.1, 0.15) is 22.3 Å². The van der Waals surface area contributed by atoms with Gasteiger partial charge in [0.15, 0.2) is 0 Å². The highest BCUT2D eigenvalue weighted by atomic mass is 16.3. The lowest BCUT2D eigenvalue weighted by Gasteiger charge is -2.32. The van der Waals surface area contributed by atoms with E-state index < -0.39 is 0 Å². The fourth-order valence-electron chi connectivity index (χ4n) is 8.13. The van der Waals surface area contributed by atoms with Crippen LogP contribution in [0.25, 0.3) is 66.1 Å². The number of hydrogen-bond donors (Lipinski definition) is 0. The third kappa shape index (κ3) is 3.76. The van der Waals surface area contributed by atoms with Crippen molar-refractivity contribution in [1.82, 2.24) is 0 Å². The third-order valence-corrected chi connectivity index (χ3v) is 10.2. The first-order valence-electron chi connectivity index (χ1n) is 16.5. The van der Waals surface area contributed by atoms with Crippen molar-refractivity contribution in [3.63, 3.8) is 0 Å². The SMILES string of the molecule is CC1(C)c2ccc3oc4ccccc4c3c2-c2cccc(N(c3ccc(-c4ccccc4)cc3)c3cccc4oc5ccccc5c34)c21. The van der Waals surface area contributed by atoms with Crippen LogP contribution in [0.2, 0.25) is 0 Å². The van der Waals surface area contributed by atoms with Gasteiger partial charge < -0.3 is 13.7 Å². The van der Waals surface area contributed by atoms with E-state index in [2.05, 4.69) is 158 Å². The van der Waals surface area contributed by atoms with E-state index in [9.17, 15) is 0 Å². The average Bonchev–Trinajstić information content (AvgIpc) is 3.77. The van der Waals surface area contributed by atoms with Gasteiger partial charge in [-0.05, 0) is 81.9 Å². The normalized spacial score (nSPS) is 13.4. The van der Waals surface area contributed by atoms with Gasteiger partial charge in [-0.2, -0.15) is 0 Å². The summed E-state index contributed by atoms with van der Waals surface area (Å²) in [5, 5.41) is 4.56. The number of nitrogens with zero attached hydrogens (tertiary/aromatic N) is 1. The van der Waals surface area contributed by atoms with Gasteiger partial charge in [0.05, 0.1) is 16.8 Å². The Labute approximate surface area is 278 Å². The zero-order valence-electron chi connectivity index (χ0n) is 26.7. The van der Waals surface area contributed by atoms with Crippen LogP contribution in [0.4, 0.5) is 17.1 Å². The van der Waals surface area contributed by atoms with E-state index in [1.54, 1.807) is 0 Å². The molecule has 0 fully saturated rings. The summed E-state index contributed by atoms with van der Waals surface area (Å²) in [5.41, 5.74) is 14.2. The van der Waals surface area contributed by atoms with Crippen LogP contribution in [0.1, 0.15) is 25.0 Å². The molecule has 0 atom stereocenters. The molecule has 0 aliphatic heterocycles. The molecule has 0 N–H and O–H groups in total. The molecule has 0 radical (unpaired) electrons. The van der Waals surface area contributed by atoms with Crippen molar-refractivity contribution < 1.29 is 8.83 Å². The first kappa shape index (κ1) is 27.1. The first-order valence-corrected chi connectivity index (χ1v) is 16.5. The maximum Gasteiger partial charge on any atom is 0.137 e. The van der Waals surface area contributed by atoms with E-state index in [1.165, 1.54) is 38.8 Å². The predicted molar refractivity (Wildman–Crippen MR) is 199 cm³/mol. The molecule has 0 saturated heterocycles. The summed E-state index contributed by atoms with van der Waals surface area (Å²) in [4.78, 5) is 2.44. The second-order valence-corrected chi connectivity index (χ2v) is 13.3. The predicted octanol–water partition coefficient (Wildman–Crippen LogP) is 12.9. The number of hydrogen-bond acceptors (Lipinski definition) is 3. The second-order valence-electron chi connectivity index (χ2n) is 13.3. The number of para-hydroxylation sites is 2. The van der Waals surface area contributed by atoms with Crippen LogP contribution in [-0.4, -0.2) is 0 Å². The van der Waals surface area contributed by atoms with Gasteiger partial charge in [-0.15, -0.1) is 0 Å². The number of rotatable bonds is 4. The molecular formula is C45H31NO2. The summed E-state index contributed by atoms with van der Waals surface area (Å²) in [6.45, 7) is 4.72. The van der Waals surface area contributed by atoms with Gasteiger partial charge in [0.25, 0.3) is 0 Å². The molecule has 1 aliphatic rings. The van der Waals surface area contributed by atoms with Gasteiger partial charge in [0, 0.05) is 27.3 Å². The quantitative estimate of drug-likeness (QED) is 0.197. The van der Waals surface area contributed by atoms with Gasteiger partial charge >= 0.3 is 0 Å². The van der Waals surface area contributed by atoms with E-state index >= 15 is 0 Å². The summed E-state index contributed by atoms with van der Waals surface area (Å²) < 4.78 is 12.8. The molecule has 0 saturated carbocycles. The van der Waals surface area contributed by atoms with Gasteiger partial charge in [-0.1, -0.05) is 117 Å². The van der Waals surface area contributed by atoms with Gasteiger partial charge in [-0.25, -0.2) is 0 Å². The lowest BCUT2D eigenvalue weighted by Crippen LogP contribution is -2.20. The first-order chi connectivity index (χ1) is 23.6. The zero-order valence-corrected chi connectivity index (χ0v) is 26.7. The Morgan fingerprint density at radius 2 is 1.04 bits per heavy atom. The van der Waals surface area contributed by atoms with Crippen molar-refractivity contribution in [2.24, 2.45) is 0 Å². The van der Waals surface area contributed by atoms with E-state index in [4.69, 9.17) is 8.83 Å². The minimum Gasteiger partial charge on any atom is -0.456 e. The molecule has 0 bridgehead atoms. The molecule has 0 unspecified atom stereocenters. The molecule has 228 valence electrons. The van der Waals surface area contributed by atoms with E-state index in [-0.39, 0.29) is 5.41 Å². The molecule has 0 spiro atoms. The van der Waals surface area contributed by atoms with Crippen LogP contribution < -0.4 is 4.90 Å². The zero-order chi connectivity index (χ0) is 32.0. The van der Waals surface area contributed by atoms with E-state index in [0.29, 0.717) is 0 Å². The third-order valence-electron chi connectivity index (χ3n) is 10.2. The number of benzene rings is 7. The topological polar surface area (TPSA) is 29.5 Å². The maximum absolute atomic E-state index is 6.42. The van der Waals surface area contributed by atoms with Crippen LogP contribution in [0, 0.1) is 0 Å². The highest BCUT2D eigenvalue weighted by molar-refractivity contribution is 6.17.